The van der Waals surface area contributed by atoms with Crippen molar-refractivity contribution in [3.05, 3.63) is 96.1 Å². The normalized spacial score (nSPS) is 31.1. The minimum absolute atomic E-state index is 0.104. The van der Waals surface area contributed by atoms with Gasteiger partial charge in [-0.1, -0.05) is 97.8 Å². The van der Waals surface area contributed by atoms with Gasteiger partial charge < -0.3 is 29.7 Å². The highest BCUT2D eigenvalue weighted by molar-refractivity contribution is 5.99. The summed E-state index contributed by atoms with van der Waals surface area (Å²) < 4.78 is 13.1. The maximum atomic E-state index is 14.6. The van der Waals surface area contributed by atoms with Crippen LogP contribution in [0.5, 0.6) is 0 Å². The highest BCUT2D eigenvalue weighted by Gasteiger charge is 2.71. The van der Waals surface area contributed by atoms with E-state index in [9.17, 15) is 24.3 Å². The number of nitrogens with one attached hydrogen (secondary N) is 1. The van der Waals surface area contributed by atoms with Crippen LogP contribution in [0.3, 0.4) is 0 Å². The first-order valence-corrected chi connectivity index (χ1v) is 17.1. The molecule has 0 bridgehead atoms. The molecular formula is C38H45N3O7. The Morgan fingerprint density at radius 2 is 1.65 bits per heavy atom. The molecule has 48 heavy (non-hydrogen) atoms. The van der Waals surface area contributed by atoms with Gasteiger partial charge in [0.05, 0.1) is 18.1 Å². The second kappa shape index (κ2) is 14.9. The van der Waals surface area contributed by atoms with Crippen molar-refractivity contribution in [1.29, 1.82) is 0 Å². The number of likely N-dealkylation sites (tertiary alicyclic amines) is 1. The molecule has 3 amide bonds. The maximum absolute atomic E-state index is 14.6. The number of unbranched alkanes of at least 4 members (excludes halogenated alkanes) is 3. The first-order valence-electron chi connectivity index (χ1n) is 17.1. The number of carbonyl (C=O) groups excluding carboxylic acids is 4. The van der Waals surface area contributed by atoms with E-state index in [1.165, 1.54) is 0 Å². The Bertz CT molecular complexity index is 1530. The third-order valence-electron chi connectivity index (χ3n) is 9.95. The summed E-state index contributed by atoms with van der Waals surface area (Å²) in [5.41, 5.74) is 0.305. The van der Waals surface area contributed by atoms with Crippen molar-refractivity contribution in [2.24, 2.45) is 11.8 Å². The lowest BCUT2D eigenvalue weighted by molar-refractivity contribution is -0.161. The molecule has 2 fully saturated rings. The molecule has 4 heterocycles. The number of hydrogen-bond donors (Lipinski definition) is 2. The van der Waals surface area contributed by atoms with Crippen molar-refractivity contribution < 1.29 is 33.8 Å². The Morgan fingerprint density at radius 3 is 2.40 bits per heavy atom. The summed E-state index contributed by atoms with van der Waals surface area (Å²) in [5.74, 6) is -3.29. The molecule has 6 rings (SSSR count). The minimum atomic E-state index is -1.38. The molecule has 4 aliphatic heterocycles. The number of fused-ring (bicyclic) bond motifs is 2. The number of hydrogen-bond acceptors (Lipinski definition) is 7. The minimum Gasteiger partial charge on any atom is -0.455 e. The largest absolute Gasteiger partial charge is 0.455 e. The molecule has 254 valence electrons. The van der Waals surface area contributed by atoms with Gasteiger partial charge >= 0.3 is 5.97 Å². The second-order valence-electron chi connectivity index (χ2n) is 13.2. The maximum Gasteiger partial charge on any atom is 0.313 e. The lowest BCUT2D eigenvalue weighted by Gasteiger charge is -2.35. The van der Waals surface area contributed by atoms with E-state index in [-0.39, 0.29) is 30.7 Å². The van der Waals surface area contributed by atoms with Crippen molar-refractivity contribution in [3.63, 3.8) is 0 Å². The lowest BCUT2D eigenvalue weighted by Crippen LogP contribution is -2.55. The average molecular weight is 656 g/mol. The number of cyclic esters (lactones) is 1. The Kier molecular flexibility index (Phi) is 10.4. The van der Waals surface area contributed by atoms with Crippen molar-refractivity contribution in [3.8, 4) is 0 Å². The number of esters is 1. The highest BCUT2D eigenvalue weighted by Crippen LogP contribution is 2.53. The zero-order valence-electron chi connectivity index (χ0n) is 27.4. The molecule has 2 saturated heterocycles. The molecule has 7 atom stereocenters. The third kappa shape index (κ3) is 6.69. The average Bonchev–Trinajstić information content (AvgIpc) is 3.47. The van der Waals surface area contributed by atoms with Crippen LogP contribution in [0.1, 0.15) is 62.7 Å². The molecule has 4 aliphatic rings. The molecule has 0 aliphatic carbocycles. The third-order valence-corrected chi connectivity index (χ3v) is 9.95. The molecule has 2 aromatic carbocycles. The summed E-state index contributed by atoms with van der Waals surface area (Å²) in [6.45, 7) is 2.93. The van der Waals surface area contributed by atoms with Gasteiger partial charge in [0.2, 0.25) is 17.7 Å². The van der Waals surface area contributed by atoms with Crippen LogP contribution < -0.4 is 5.32 Å². The number of aliphatic hydroxyl groups is 1. The SMILES string of the molecule is C[C@H]1NC(=O)CC/C=C\[C@H]2O[C@]34C=CCN(Cc5ccccc5)C(=O)[C@H]3N(CCCCCCO)C(=O)[C@@H]4[C@H]2C(=O)O[C@@H]1c1ccccc1. The molecule has 0 radical (unpaired) electrons. The van der Waals surface area contributed by atoms with Crippen LogP contribution in [-0.4, -0.2) is 82.1 Å². The fourth-order valence-corrected chi connectivity index (χ4v) is 7.68. The van der Waals surface area contributed by atoms with E-state index in [4.69, 9.17) is 9.47 Å². The van der Waals surface area contributed by atoms with Crippen LogP contribution in [0.4, 0.5) is 0 Å². The van der Waals surface area contributed by atoms with Gasteiger partial charge in [0.25, 0.3) is 0 Å². The van der Waals surface area contributed by atoms with Gasteiger partial charge in [-0.2, -0.15) is 0 Å². The van der Waals surface area contributed by atoms with E-state index >= 15 is 0 Å². The summed E-state index contributed by atoms with van der Waals surface area (Å²) in [6, 6.07) is 17.5. The Morgan fingerprint density at radius 1 is 0.917 bits per heavy atom. The Balaban J connectivity index is 1.38. The zero-order chi connectivity index (χ0) is 33.7. The van der Waals surface area contributed by atoms with Crippen LogP contribution >= 0.6 is 0 Å². The number of benzene rings is 2. The van der Waals surface area contributed by atoms with Crippen LogP contribution in [0.2, 0.25) is 0 Å². The first kappa shape index (κ1) is 33.6. The molecule has 10 heteroatoms. The Hall–Kier alpha value is -4.28. The van der Waals surface area contributed by atoms with Gasteiger partial charge in [-0.15, -0.1) is 0 Å². The highest BCUT2D eigenvalue weighted by atomic mass is 16.6. The number of amides is 3. The van der Waals surface area contributed by atoms with Crippen molar-refractivity contribution >= 4 is 23.7 Å². The lowest BCUT2D eigenvalue weighted by atomic mass is 9.77. The van der Waals surface area contributed by atoms with E-state index in [1.54, 1.807) is 22.8 Å². The summed E-state index contributed by atoms with van der Waals surface area (Å²) in [5, 5.41) is 12.2. The topological polar surface area (TPSA) is 125 Å². The van der Waals surface area contributed by atoms with Gasteiger partial charge in [-0.3, -0.25) is 19.2 Å². The molecule has 1 spiro atoms. The standard InChI is InChI=1S/C38H45N3O7/c1-26-33(28-17-8-5-9-18-28)47-37(46)31-29(19-10-11-20-30(43)39-26)48-38-21-14-22-40(25-27-15-6-4-7-16-27)36(45)34(38)41(35(44)32(31)38)23-12-2-3-13-24-42/h4-10,14-19,21,26,29,31-34,42H,2-3,11-13,20,22-25H2,1H3,(H,39,43)/b19-10-/t26-,29-,31+,32+,33+,34-,38+/m1/s1. The molecule has 2 aromatic rings. The first-order chi connectivity index (χ1) is 23.3. The van der Waals surface area contributed by atoms with Crippen molar-refractivity contribution in [2.75, 3.05) is 19.7 Å². The van der Waals surface area contributed by atoms with Crippen molar-refractivity contribution in [1.82, 2.24) is 15.1 Å². The summed E-state index contributed by atoms with van der Waals surface area (Å²) in [7, 11) is 0. The van der Waals surface area contributed by atoms with Crippen LogP contribution in [0, 0.1) is 11.8 Å². The zero-order valence-corrected chi connectivity index (χ0v) is 27.4. The number of allylic oxidation sites excluding steroid dienone is 1. The fraction of sp³-hybridized carbons (Fsp3) is 0.474. The fourth-order valence-electron chi connectivity index (χ4n) is 7.68. The second-order valence-corrected chi connectivity index (χ2v) is 13.2. The molecule has 0 unspecified atom stereocenters. The number of rotatable bonds is 9. The number of carbonyl (C=O) groups is 4. The predicted octanol–water partition coefficient (Wildman–Crippen LogP) is 3.86. The number of nitrogens with zero attached hydrogens (tertiary/aromatic N) is 2. The van der Waals surface area contributed by atoms with Crippen molar-refractivity contribution in [2.45, 2.75) is 81.9 Å². The van der Waals surface area contributed by atoms with Crippen LogP contribution in [0.25, 0.3) is 0 Å². The van der Waals surface area contributed by atoms with E-state index < -0.39 is 47.7 Å². The van der Waals surface area contributed by atoms with E-state index in [1.807, 2.05) is 78.9 Å². The van der Waals surface area contributed by atoms with Crippen LogP contribution in [-0.2, 0) is 35.2 Å². The van der Waals surface area contributed by atoms with Gasteiger partial charge in [0.15, 0.2) is 0 Å². The van der Waals surface area contributed by atoms with E-state index in [0.717, 1.165) is 24.0 Å². The summed E-state index contributed by atoms with van der Waals surface area (Å²) >= 11 is 0. The smallest absolute Gasteiger partial charge is 0.313 e. The monoisotopic (exact) mass is 655 g/mol. The van der Waals surface area contributed by atoms with Gasteiger partial charge in [-0.05, 0) is 37.3 Å². The summed E-state index contributed by atoms with van der Waals surface area (Å²) in [4.78, 5) is 59.8. The molecular weight excluding hydrogens is 610 g/mol. The number of aliphatic hydroxyl groups excluding tert-OH is 1. The van der Waals surface area contributed by atoms with E-state index in [0.29, 0.717) is 38.9 Å². The van der Waals surface area contributed by atoms with Gasteiger partial charge in [-0.25, -0.2) is 0 Å². The molecule has 0 saturated carbocycles. The molecule has 10 nitrogen and oxygen atoms in total. The van der Waals surface area contributed by atoms with Gasteiger partial charge in [0.1, 0.15) is 23.7 Å². The van der Waals surface area contributed by atoms with E-state index in [2.05, 4.69) is 5.32 Å². The number of ether oxygens (including phenoxy) is 2. The Labute approximate surface area is 281 Å². The molecule has 2 N–H and O–H groups in total. The van der Waals surface area contributed by atoms with Gasteiger partial charge in [0, 0.05) is 32.7 Å². The van der Waals surface area contributed by atoms with Crippen LogP contribution in [0.15, 0.2) is 85.0 Å². The summed E-state index contributed by atoms with van der Waals surface area (Å²) in [6.07, 6.45) is 9.20. The molecule has 0 aromatic heterocycles. The predicted molar refractivity (Wildman–Crippen MR) is 178 cm³/mol. The quantitative estimate of drug-likeness (QED) is 0.239.